The van der Waals surface area contributed by atoms with Crippen molar-refractivity contribution in [3.8, 4) is 0 Å². The fourth-order valence-corrected chi connectivity index (χ4v) is 0.807. The highest BCUT2D eigenvalue weighted by atomic mass is 32.2. The van der Waals surface area contributed by atoms with Gasteiger partial charge in [0.1, 0.15) is 6.61 Å². The van der Waals surface area contributed by atoms with Crippen molar-refractivity contribution in [1.82, 2.24) is 0 Å². The molecular formula is C7H15NO2S. The van der Waals surface area contributed by atoms with E-state index in [0.717, 1.165) is 12.2 Å². The van der Waals surface area contributed by atoms with Crippen LogP contribution in [0.1, 0.15) is 12.8 Å². The summed E-state index contributed by atoms with van der Waals surface area (Å²) in [6, 6.07) is 0. The lowest BCUT2D eigenvalue weighted by Gasteiger charge is -2.01. The maximum Gasteiger partial charge on any atom is 0.305 e. The molecule has 0 aliphatic rings. The molecule has 0 aromatic carbocycles. The Morgan fingerprint density at radius 1 is 1.64 bits per heavy atom. The van der Waals surface area contributed by atoms with E-state index in [0.29, 0.717) is 19.6 Å². The van der Waals surface area contributed by atoms with E-state index in [-0.39, 0.29) is 5.97 Å². The third-order valence-corrected chi connectivity index (χ3v) is 1.71. The lowest BCUT2D eigenvalue weighted by molar-refractivity contribution is -0.143. The lowest BCUT2D eigenvalue weighted by Crippen LogP contribution is -2.09. The number of carbonyl (C=O) groups excluding carboxylic acids is 1. The van der Waals surface area contributed by atoms with Gasteiger partial charge in [0.2, 0.25) is 0 Å². The van der Waals surface area contributed by atoms with E-state index < -0.39 is 0 Å². The second-order valence-electron chi connectivity index (χ2n) is 2.11. The van der Waals surface area contributed by atoms with Crippen molar-refractivity contribution in [2.24, 2.45) is 5.73 Å². The molecule has 0 radical (unpaired) electrons. The van der Waals surface area contributed by atoms with Crippen LogP contribution in [0.25, 0.3) is 0 Å². The van der Waals surface area contributed by atoms with Gasteiger partial charge in [0.15, 0.2) is 0 Å². The van der Waals surface area contributed by atoms with Gasteiger partial charge in [0.25, 0.3) is 0 Å². The zero-order chi connectivity index (χ0) is 8.53. The van der Waals surface area contributed by atoms with Gasteiger partial charge in [-0.2, -0.15) is 11.8 Å². The van der Waals surface area contributed by atoms with Crippen LogP contribution in [-0.4, -0.2) is 31.1 Å². The molecule has 0 aliphatic carbocycles. The summed E-state index contributed by atoms with van der Waals surface area (Å²) in [6.07, 6.45) is 3.15. The van der Waals surface area contributed by atoms with Crippen LogP contribution in [0.3, 0.4) is 0 Å². The topological polar surface area (TPSA) is 52.3 Å². The predicted octanol–water partition coefficient (Wildman–Crippen LogP) is 0.632. The van der Waals surface area contributed by atoms with Crippen LogP contribution in [0, 0.1) is 0 Å². The van der Waals surface area contributed by atoms with Crippen molar-refractivity contribution < 1.29 is 9.53 Å². The van der Waals surface area contributed by atoms with Gasteiger partial charge in [0.05, 0.1) is 0 Å². The van der Waals surface area contributed by atoms with Crippen LogP contribution in [0.4, 0.5) is 0 Å². The molecule has 0 saturated heterocycles. The molecule has 0 rings (SSSR count). The summed E-state index contributed by atoms with van der Waals surface area (Å²) >= 11 is 1.67. The number of hydrogen-bond acceptors (Lipinski definition) is 4. The van der Waals surface area contributed by atoms with Crippen molar-refractivity contribution in [1.29, 1.82) is 0 Å². The minimum absolute atomic E-state index is 0.135. The zero-order valence-corrected chi connectivity index (χ0v) is 7.65. The van der Waals surface area contributed by atoms with Crippen molar-refractivity contribution in [3.63, 3.8) is 0 Å². The molecule has 3 nitrogen and oxygen atoms in total. The Bertz CT molecular complexity index is 109. The van der Waals surface area contributed by atoms with Crippen molar-refractivity contribution >= 4 is 17.7 Å². The van der Waals surface area contributed by atoms with E-state index in [9.17, 15) is 4.79 Å². The molecule has 0 fully saturated rings. The van der Waals surface area contributed by atoms with E-state index in [2.05, 4.69) is 0 Å². The highest BCUT2D eigenvalue weighted by molar-refractivity contribution is 7.98. The zero-order valence-electron chi connectivity index (χ0n) is 6.84. The number of nitrogens with two attached hydrogens (primary N) is 1. The van der Waals surface area contributed by atoms with Crippen molar-refractivity contribution in [2.75, 3.05) is 25.2 Å². The summed E-state index contributed by atoms with van der Waals surface area (Å²) in [4.78, 5) is 10.8. The minimum Gasteiger partial charge on any atom is -0.465 e. The minimum atomic E-state index is -0.135. The third-order valence-electron chi connectivity index (χ3n) is 1.14. The van der Waals surface area contributed by atoms with Crippen LogP contribution in [0.5, 0.6) is 0 Å². The molecule has 4 heteroatoms. The standard InChI is InChI=1S/C7H15NO2S/c1-11-6-5-10-7(9)3-2-4-8/h2-6,8H2,1H3. The molecule has 0 aromatic rings. The number of carbonyl (C=O) groups is 1. The largest absolute Gasteiger partial charge is 0.465 e. The molecule has 11 heavy (non-hydrogen) atoms. The van der Waals surface area contributed by atoms with Gasteiger partial charge in [-0.3, -0.25) is 4.79 Å². The summed E-state index contributed by atoms with van der Waals surface area (Å²) < 4.78 is 4.87. The summed E-state index contributed by atoms with van der Waals surface area (Å²) in [5, 5.41) is 0. The third kappa shape index (κ3) is 7.68. The molecule has 2 N–H and O–H groups in total. The summed E-state index contributed by atoms with van der Waals surface area (Å²) in [5.74, 6) is 0.735. The Hall–Kier alpha value is -0.220. The van der Waals surface area contributed by atoms with E-state index in [1.54, 1.807) is 11.8 Å². The predicted molar refractivity (Wildman–Crippen MR) is 47.6 cm³/mol. The monoisotopic (exact) mass is 177 g/mol. The van der Waals surface area contributed by atoms with Gasteiger partial charge in [0, 0.05) is 12.2 Å². The average molecular weight is 177 g/mol. The molecular weight excluding hydrogens is 162 g/mol. The molecule has 0 bridgehead atoms. The molecule has 0 unspecified atom stereocenters. The maximum atomic E-state index is 10.8. The Morgan fingerprint density at radius 2 is 2.36 bits per heavy atom. The first-order valence-electron chi connectivity index (χ1n) is 3.66. The molecule has 0 aliphatic heterocycles. The SMILES string of the molecule is CSCCOC(=O)CCCN. The van der Waals surface area contributed by atoms with E-state index in [4.69, 9.17) is 10.5 Å². The number of ether oxygens (including phenoxy) is 1. The van der Waals surface area contributed by atoms with Gasteiger partial charge in [-0.1, -0.05) is 0 Å². The van der Waals surface area contributed by atoms with E-state index in [1.807, 2.05) is 6.26 Å². The van der Waals surface area contributed by atoms with Crippen LogP contribution < -0.4 is 5.73 Å². The normalized spacial score (nSPS) is 9.64. The van der Waals surface area contributed by atoms with Crippen LogP contribution in [0.2, 0.25) is 0 Å². The van der Waals surface area contributed by atoms with Gasteiger partial charge < -0.3 is 10.5 Å². The van der Waals surface area contributed by atoms with E-state index in [1.165, 1.54) is 0 Å². The van der Waals surface area contributed by atoms with Gasteiger partial charge in [-0.25, -0.2) is 0 Å². The second kappa shape index (κ2) is 7.88. The van der Waals surface area contributed by atoms with E-state index >= 15 is 0 Å². The Labute approximate surface area is 71.7 Å². The first-order valence-corrected chi connectivity index (χ1v) is 5.05. The summed E-state index contributed by atoms with van der Waals surface area (Å²) in [6.45, 7) is 1.07. The van der Waals surface area contributed by atoms with Crippen LogP contribution in [0.15, 0.2) is 0 Å². The highest BCUT2D eigenvalue weighted by Crippen LogP contribution is 1.94. The maximum absolute atomic E-state index is 10.8. The Morgan fingerprint density at radius 3 is 2.91 bits per heavy atom. The number of esters is 1. The van der Waals surface area contributed by atoms with Gasteiger partial charge in [-0.05, 0) is 19.2 Å². The second-order valence-corrected chi connectivity index (χ2v) is 3.09. The average Bonchev–Trinajstić information content (AvgIpc) is 2.01. The fraction of sp³-hybridized carbons (Fsp3) is 0.857. The lowest BCUT2D eigenvalue weighted by atomic mass is 10.3. The highest BCUT2D eigenvalue weighted by Gasteiger charge is 1.99. The molecule has 66 valence electrons. The Kier molecular flexibility index (Phi) is 7.72. The van der Waals surface area contributed by atoms with Crippen molar-refractivity contribution in [2.45, 2.75) is 12.8 Å². The fourth-order valence-electron chi connectivity index (χ4n) is 0.557. The number of hydrogen-bond donors (Lipinski definition) is 1. The van der Waals surface area contributed by atoms with Crippen LogP contribution in [-0.2, 0) is 9.53 Å². The number of rotatable bonds is 6. The molecule has 0 aromatic heterocycles. The molecule has 0 heterocycles. The Balaban J connectivity index is 3.09. The summed E-state index contributed by atoms with van der Waals surface area (Å²) in [7, 11) is 0. The van der Waals surface area contributed by atoms with Gasteiger partial charge in [-0.15, -0.1) is 0 Å². The molecule has 0 spiro atoms. The first-order chi connectivity index (χ1) is 5.31. The first kappa shape index (κ1) is 10.8. The summed E-state index contributed by atoms with van der Waals surface area (Å²) in [5.41, 5.74) is 5.22. The molecule has 0 atom stereocenters. The smallest absolute Gasteiger partial charge is 0.305 e. The van der Waals surface area contributed by atoms with Gasteiger partial charge >= 0.3 is 5.97 Å². The molecule has 0 saturated carbocycles. The number of thioether (sulfide) groups is 1. The molecule has 0 amide bonds. The van der Waals surface area contributed by atoms with Crippen LogP contribution >= 0.6 is 11.8 Å². The quantitative estimate of drug-likeness (QED) is 0.477. The van der Waals surface area contributed by atoms with Crippen molar-refractivity contribution in [3.05, 3.63) is 0 Å².